The van der Waals surface area contributed by atoms with Gasteiger partial charge < -0.3 is 20.6 Å². The van der Waals surface area contributed by atoms with Gasteiger partial charge in [0.25, 0.3) is 0 Å². The molecule has 4 unspecified atom stereocenters. The zero-order valence-corrected chi connectivity index (χ0v) is 37.0. The molecule has 1 aliphatic carbocycles. The first-order chi connectivity index (χ1) is 26.3. The number of rotatable bonds is 15. The lowest BCUT2D eigenvalue weighted by molar-refractivity contribution is -0.121. The van der Waals surface area contributed by atoms with Gasteiger partial charge in [0.15, 0.2) is 6.04 Å². The Hall–Kier alpha value is -3.94. The van der Waals surface area contributed by atoms with Gasteiger partial charge in [-0.15, -0.1) is 0 Å². The third-order valence-corrected chi connectivity index (χ3v) is 13.8. The van der Waals surface area contributed by atoms with Gasteiger partial charge in [-0.3, -0.25) is 14.4 Å². The third kappa shape index (κ3) is 7.35. The quantitative estimate of drug-likeness (QED) is 0.157. The van der Waals surface area contributed by atoms with E-state index in [1.54, 1.807) is 0 Å². The SMILES string of the molecule is CCCCC(CC)C(=O)Nc1cc2c(cc1C1=C(O)/C(=c3/cc4c(cc3NC(=O)C(CC)CCCC)=[N+](C(C)C)C(C)C4(C)C)C1=O)C(C)(C)C(C)N2C(C)C. The summed E-state index contributed by atoms with van der Waals surface area (Å²) in [5.41, 5.74) is 4.72. The van der Waals surface area contributed by atoms with Crippen molar-refractivity contribution in [2.45, 2.75) is 183 Å². The highest BCUT2D eigenvalue weighted by Gasteiger charge is 2.48. The van der Waals surface area contributed by atoms with Crippen molar-refractivity contribution in [1.29, 1.82) is 0 Å². The number of allylic oxidation sites excluding steroid dienone is 2. The molecule has 0 bridgehead atoms. The predicted molar refractivity (Wildman–Crippen MR) is 233 cm³/mol. The minimum absolute atomic E-state index is 0.0668. The van der Waals surface area contributed by atoms with Crippen LogP contribution in [0.2, 0.25) is 0 Å². The molecule has 0 saturated carbocycles. The molecule has 8 nitrogen and oxygen atoms in total. The van der Waals surface area contributed by atoms with E-state index in [1.165, 1.54) is 0 Å². The summed E-state index contributed by atoms with van der Waals surface area (Å²) in [7, 11) is 0. The molecule has 5 rings (SSSR count). The molecule has 0 radical (unpaired) electrons. The van der Waals surface area contributed by atoms with Crippen LogP contribution in [-0.4, -0.2) is 46.9 Å². The van der Waals surface area contributed by atoms with Crippen molar-refractivity contribution in [2.24, 2.45) is 11.8 Å². The Morgan fingerprint density at radius 3 is 1.82 bits per heavy atom. The fourth-order valence-corrected chi connectivity index (χ4v) is 9.58. The molecule has 0 spiro atoms. The number of benzene rings is 2. The molecule has 0 saturated heterocycles. The fourth-order valence-electron chi connectivity index (χ4n) is 9.58. The number of nitrogens with one attached hydrogen (secondary N) is 2. The van der Waals surface area contributed by atoms with Crippen molar-refractivity contribution in [3.05, 3.63) is 57.3 Å². The van der Waals surface area contributed by atoms with E-state index < -0.39 is 0 Å². The molecule has 2 aliphatic heterocycles. The van der Waals surface area contributed by atoms with Crippen LogP contribution in [0.4, 0.5) is 17.1 Å². The van der Waals surface area contributed by atoms with Crippen LogP contribution < -0.4 is 30.7 Å². The summed E-state index contributed by atoms with van der Waals surface area (Å²) in [6.07, 6.45) is 6.94. The van der Waals surface area contributed by atoms with E-state index in [2.05, 4.69) is 103 Å². The van der Waals surface area contributed by atoms with Crippen LogP contribution in [0.25, 0.3) is 11.1 Å². The minimum atomic E-state index is -0.293. The summed E-state index contributed by atoms with van der Waals surface area (Å²) >= 11 is 0. The van der Waals surface area contributed by atoms with Gasteiger partial charge in [0.1, 0.15) is 11.8 Å². The fraction of sp³-hybridized carbons (Fsp3) is 0.625. The highest BCUT2D eigenvalue weighted by molar-refractivity contribution is 6.52. The first kappa shape index (κ1) is 43.2. The minimum Gasteiger partial charge on any atom is -0.506 e. The molecule has 4 atom stereocenters. The number of Topliss-reactive ketones (excluding diaryl/α,β-unsaturated/α-hetero) is 1. The number of carbonyl (C=O) groups is 3. The van der Waals surface area contributed by atoms with Crippen LogP contribution in [0.5, 0.6) is 0 Å². The van der Waals surface area contributed by atoms with Gasteiger partial charge >= 0.3 is 0 Å². The average molecular weight is 768 g/mol. The number of aliphatic hydroxyl groups is 1. The van der Waals surface area contributed by atoms with Gasteiger partial charge in [0.2, 0.25) is 23.0 Å². The van der Waals surface area contributed by atoms with Crippen molar-refractivity contribution in [3.63, 3.8) is 0 Å². The van der Waals surface area contributed by atoms with Gasteiger partial charge in [-0.2, -0.15) is 0 Å². The average Bonchev–Trinajstić information content (AvgIpc) is 3.45. The molecule has 0 aromatic heterocycles. The number of ketones is 1. The Kier molecular flexibility index (Phi) is 12.7. The number of hydrogen-bond acceptors (Lipinski definition) is 5. The molecule has 2 aromatic rings. The summed E-state index contributed by atoms with van der Waals surface area (Å²) < 4.78 is 2.39. The summed E-state index contributed by atoms with van der Waals surface area (Å²) in [6.45, 7) is 30.4. The number of amides is 2. The number of unbranched alkanes of at least 4 members (excludes halogenated alkanes) is 2. The number of nitrogens with zero attached hydrogens (tertiary/aromatic N) is 2. The normalized spacial score (nSPS) is 21.7. The second-order valence-electron chi connectivity index (χ2n) is 18.5. The highest BCUT2D eigenvalue weighted by Crippen LogP contribution is 2.51. The Balaban J connectivity index is 1.78. The molecule has 3 aliphatic rings. The molecule has 2 aromatic carbocycles. The van der Waals surface area contributed by atoms with E-state index in [1.807, 2.05) is 38.1 Å². The maximum atomic E-state index is 14.8. The Morgan fingerprint density at radius 1 is 0.786 bits per heavy atom. The molecule has 3 N–H and O–H groups in total. The maximum Gasteiger partial charge on any atom is 0.227 e. The Morgan fingerprint density at radius 2 is 1.34 bits per heavy atom. The van der Waals surface area contributed by atoms with Crippen LogP contribution in [0.3, 0.4) is 0 Å². The van der Waals surface area contributed by atoms with Crippen molar-refractivity contribution >= 4 is 45.8 Å². The second-order valence-corrected chi connectivity index (χ2v) is 18.5. The lowest BCUT2D eigenvalue weighted by Gasteiger charge is -2.34. The van der Waals surface area contributed by atoms with E-state index >= 15 is 0 Å². The summed E-state index contributed by atoms with van der Waals surface area (Å²) in [5, 5.41) is 20.3. The van der Waals surface area contributed by atoms with E-state index in [0.717, 1.165) is 60.7 Å². The van der Waals surface area contributed by atoms with E-state index in [9.17, 15) is 19.5 Å². The van der Waals surface area contributed by atoms with Crippen LogP contribution in [-0.2, 0) is 25.2 Å². The lowest BCUT2D eigenvalue weighted by atomic mass is 9.76. The van der Waals surface area contributed by atoms with Crippen molar-refractivity contribution < 1.29 is 19.5 Å². The van der Waals surface area contributed by atoms with Gasteiger partial charge in [-0.05, 0) is 105 Å². The maximum absolute atomic E-state index is 14.8. The van der Waals surface area contributed by atoms with E-state index in [4.69, 9.17) is 0 Å². The highest BCUT2D eigenvalue weighted by atomic mass is 16.3. The Bertz CT molecular complexity index is 2040. The second kappa shape index (κ2) is 16.5. The largest absolute Gasteiger partial charge is 0.506 e. The molecule has 306 valence electrons. The molecule has 2 heterocycles. The van der Waals surface area contributed by atoms with Crippen LogP contribution >= 0.6 is 0 Å². The standard InChI is InChI=1S/C48H70N4O4/c1-15-19-21-31(17-3)45(55)49-37-25-39-35(47(11,12)29(9)51(39)27(5)6)23-33(37)41-43(53)42(44(41)54)34-24-36-40(52(28(7)8)30(10)48(36,13)14)26-38(34)50-46(56)32(18-4)22-20-16-2/h23-32H,15-22H2,1-14H3,(H2,49,50,53,54,55,56)/p+1. The van der Waals surface area contributed by atoms with E-state index in [0.29, 0.717) is 35.0 Å². The smallest absolute Gasteiger partial charge is 0.227 e. The number of carbonyl (C=O) groups excluding carboxylic acids is 3. The monoisotopic (exact) mass is 768 g/mol. The molecule has 2 amide bonds. The molecule has 8 heteroatoms. The van der Waals surface area contributed by atoms with Crippen LogP contribution in [0, 0.1) is 11.8 Å². The Labute approximate surface area is 336 Å². The zero-order valence-electron chi connectivity index (χ0n) is 37.0. The molecular weight excluding hydrogens is 697 g/mol. The van der Waals surface area contributed by atoms with E-state index in [-0.39, 0.29) is 81.3 Å². The summed E-state index contributed by atoms with van der Waals surface area (Å²) in [4.78, 5) is 45.0. The lowest BCUT2D eigenvalue weighted by Crippen LogP contribution is -2.42. The van der Waals surface area contributed by atoms with Crippen molar-refractivity contribution in [2.75, 3.05) is 15.5 Å². The first-order valence-electron chi connectivity index (χ1n) is 21.7. The number of fused-ring (bicyclic) bond motifs is 2. The van der Waals surface area contributed by atoms with Crippen LogP contribution in [0.15, 0.2) is 30.0 Å². The van der Waals surface area contributed by atoms with Crippen molar-refractivity contribution in [3.8, 4) is 0 Å². The van der Waals surface area contributed by atoms with Gasteiger partial charge in [0, 0.05) is 57.4 Å². The predicted octanol–water partition coefficient (Wildman–Crippen LogP) is 9.17. The first-order valence-corrected chi connectivity index (χ1v) is 21.7. The number of hydrogen-bond donors (Lipinski definition) is 3. The third-order valence-electron chi connectivity index (χ3n) is 13.8. The molecule has 0 fully saturated rings. The zero-order chi connectivity index (χ0) is 41.6. The number of aliphatic hydroxyl groups excluding tert-OH is 1. The summed E-state index contributed by atoms with van der Waals surface area (Å²) in [5.74, 6) is -0.852. The van der Waals surface area contributed by atoms with Crippen molar-refractivity contribution in [1.82, 2.24) is 4.58 Å². The summed E-state index contributed by atoms with van der Waals surface area (Å²) in [6, 6.07) is 8.89. The topological polar surface area (TPSA) is 102 Å². The molecular formula is C48H71N4O4+. The van der Waals surface area contributed by atoms with Gasteiger partial charge in [-0.1, -0.05) is 67.2 Å². The number of anilines is 3. The molecule has 56 heavy (non-hydrogen) atoms. The van der Waals surface area contributed by atoms with Crippen LogP contribution in [0.1, 0.15) is 165 Å². The van der Waals surface area contributed by atoms with Gasteiger partial charge in [-0.25, -0.2) is 4.58 Å². The van der Waals surface area contributed by atoms with Gasteiger partial charge in [0.05, 0.1) is 27.9 Å².